The van der Waals surface area contributed by atoms with E-state index >= 15 is 0 Å². The summed E-state index contributed by atoms with van der Waals surface area (Å²) in [6, 6.07) is 0.282. The van der Waals surface area contributed by atoms with Crippen LogP contribution in [0.1, 0.15) is 58.7 Å². The van der Waals surface area contributed by atoms with E-state index in [4.69, 9.17) is 0 Å². The third-order valence-electron chi connectivity index (χ3n) is 4.58. The SMILES string of the molecule is CCCn1ncc(Br)c1C(NCC)C(C)(C)N1CCCC1. The molecule has 0 spiro atoms. The second-order valence-electron chi connectivity index (χ2n) is 6.44. The van der Waals surface area contributed by atoms with Crippen LogP contribution in [-0.4, -0.2) is 39.9 Å². The molecule has 21 heavy (non-hydrogen) atoms. The van der Waals surface area contributed by atoms with Gasteiger partial charge in [-0.15, -0.1) is 0 Å². The van der Waals surface area contributed by atoms with E-state index in [1.807, 2.05) is 6.20 Å². The van der Waals surface area contributed by atoms with Crippen molar-refractivity contribution in [2.24, 2.45) is 0 Å². The van der Waals surface area contributed by atoms with E-state index in [0.29, 0.717) is 0 Å². The monoisotopic (exact) mass is 356 g/mol. The van der Waals surface area contributed by atoms with E-state index in [0.717, 1.165) is 24.0 Å². The molecule has 0 amide bonds. The first-order valence-electron chi connectivity index (χ1n) is 8.22. The summed E-state index contributed by atoms with van der Waals surface area (Å²) in [5.41, 5.74) is 1.37. The highest BCUT2D eigenvalue weighted by atomic mass is 79.9. The van der Waals surface area contributed by atoms with Crippen LogP contribution in [0.2, 0.25) is 0 Å². The number of hydrogen-bond donors (Lipinski definition) is 1. The number of halogens is 1. The number of nitrogens with one attached hydrogen (secondary N) is 1. The first-order valence-corrected chi connectivity index (χ1v) is 9.01. The van der Waals surface area contributed by atoms with Crippen LogP contribution in [0.4, 0.5) is 0 Å². The van der Waals surface area contributed by atoms with Gasteiger partial charge in [-0.1, -0.05) is 13.8 Å². The smallest absolute Gasteiger partial charge is 0.0714 e. The molecule has 1 aliphatic heterocycles. The largest absolute Gasteiger partial charge is 0.307 e. The van der Waals surface area contributed by atoms with Crippen molar-refractivity contribution in [3.05, 3.63) is 16.4 Å². The first-order chi connectivity index (χ1) is 10.0. The minimum atomic E-state index is 0.0839. The molecule has 2 heterocycles. The van der Waals surface area contributed by atoms with Gasteiger partial charge in [0.1, 0.15) is 0 Å². The number of nitrogens with zero attached hydrogens (tertiary/aromatic N) is 3. The van der Waals surface area contributed by atoms with Crippen molar-refractivity contribution >= 4 is 15.9 Å². The lowest BCUT2D eigenvalue weighted by atomic mass is 9.89. The summed E-state index contributed by atoms with van der Waals surface area (Å²) in [4.78, 5) is 2.62. The van der Waals surface area contributed by atoms with Crippen LogP contribution in [-0.2, 0) is 6.54 Å². The standard InChI is InChI=1S/C16H29BrN4/c1-5-9-21-14(13(17)12-19-21)15(18-6-2)16(3,4)20-10-7-8-11-20/h12,15,18H,5-11H2,1-4H3. The third kappa shape index (κ3) is 3.51. The first kappa shape index (κ1) is 17.0. The van der Waals surface area contributed by atoms with E-state index in [2.05, 4.69) is 63.6 Å². The van der Waals surface area contributed by atoms with Crippen LogP contribution in [0.15, 0.2) is 10.7 Å². The average molecular weight is 357 g/mol. The molecular weight excluding hydrogens is 328 g/mol. The number of rotatable bonds is 7. The van der Waals surface area contributed by atoms with Crippen LogP contribution in [0.3, 0.4) is 0 Å². The van der Waals surface area contributed by atoms with Crippen LogP contribution >= 0.6 is 15.9 Å². The minimum absolute atomic E-state index is 0.0839. The third-order valence-corrected chi connectivity index (χ3v) is 5.19. The molecule has 0 saturated carbocycles. The summed E-state index contributed by atoms with van der Waals surface area (Å²) in [6.45, 7) is 13.4. The van der Waals surface area contributed by atoms with Crippen molar-refractivity contribution in [2.75, 3.05) is 19.6 Å². The lowest BCUT2D eigenvalue weighted by Crippen LogP contribution is -2.52. The van der Waals surface area contributed by atoms with Crippen molar-refractivity contribution in [3.8, 4) is 0 Å². The topological polar surface area (TPSA) is 33.1 Å². The van der Waals surface area contributed by atoms with Crippen LogP contribution in [0.25, 0.3) is 0 Å². The number of hydrogen-bond acceptors (Lipinski definition) is 3. The Balaban J connectivity index is 2.35. The Bertz CT molecular complexity index is 449. The second-order valence-corrected chi connectivity index (χ2v) is 7.29. The summed E-state index contributed by atoms with van der Waals surface area (Å²) in [6.07, 6.45) is 5.68. The van der Waals surface area contributed by atoms with Gasteiger partial charge in [-0.2, -0.15) is 5.10 Å². The highest BCUT2D eigenvalue weighted by Crippen LogP contribution is 2.36. The molecule has 4 nitrogen and oxygen atoms in total. The fraction of sp³-hybridized carbons (Fsp3) is 0.812. The molecule has 1 N–H and O–H groups in total. The van der Waals surface area contributed by atoms with Gasteiger partial charge in [-0.25, -0.2) is 0 Å². The molecule has 0 aromatic carbocycles. The van der Waals surface area contributed by atoms with Crippen molar-refractivity contribution in [3.63, 3.8) is 0 Å². The zero-order chi connectivity index (χ0) is 15.5. The quantitative estimate of drug-likeness (QED) is 0.810. The summed E-state index contributed by atoms with van der Waals surface area (Å²) >= 11 is 3.72. The van der Waals surface area contributed by atoms with Crippen molar-refractivity contribution in [2.45, 2.75) is 65.1 Å². The lowest BCUT2D eigenvalue weighted by molar-refractivity contribution is 0.103. The average Bonchev–Trinajstić information content (AvgIpc) is 3.08. The molecule has 0 bridgehead atoms. The summed E-state index contributed by atoms with van der Waals surface area (Å²) < 4.78 is 3.28. The number of likely N-dealkylation sites (N-methyl/N-ethyl adjacent to an activating group) is 1. The fourth-order valence-corrected chi connectivity index (χ4v) is 3.94. The molecule has 1 aromatic heterocycles. The predicted molar refractivity (Wildman–Crippen MR) is 91.5 cm³/mol. The van der Waals surface area contributed by atoms with Gasteiger partial charge in [0.25, 0.3) is 0 Å². The van der Waals surface area contributed by atoms with E-state index in [-0.39, 0.29) is 11.6 Å². The Morgan fingerprint density at radius 2 is 2.00 bits per heavy atom. The summed E-state index contributed by atoms with van der Waals surface area (Å²) in [5, 5.41) is 8.27. The van der Waals surface area contributed by atoms with Gasteiger partial charge in [0, 0.05) is 12.1 Å². The molecule has 1 saturated heterocycles. The maximum atomic E-state index is 4.56. The Labute approximate surface area is 137 Å². The van der Waals surface area contributed by atoms with E-state index in [1.165, 1.54) is 31.6 Å². The molecule has 1 atom stereocenters. The van der Waals surface area contributed by atoms with Gasteiger partial charge >= 0.3 is 0 Å². The fourth-order valence-electron chi connectivity index (χ4n) is 3.41. The highest BCUT2D eigenvalue weighted by Gasteiger charge is 2.39. The van der Waals surface area contributed by atoms with E-state index in [9.17, 15) is 0 Å². The lowest BCUT2D eigenvalue weighted by Gasteiger charge is -2.42. The van der Waals surface area contributed by atoms with Gasteiger partial charge in [0.05, 0.1) is 22.4 Å². The van der Waals surface area contributed by atoms with E-state index in [1.54, 1.807) is 0 Å². The van der Waals surface area contributed by atoms with Gasteiger partial charge in [-0.05, 0) is 68.7 Å². The van der Waals surface area contributed by atoms with Crippen molar-refractivity contribution in [1.82, 2.24) is 20.0 Å². The zero-order valence-corrected chi connectivity index (χ0v) is 15.4. The zero-order valence-electron chi connectivity index (χ0n) is 13.8. The van der Waals surface area contributed by atoms with Crippen molar-refractivity contribution < 1.29 is 0 Å². The molecule has 1 fully saturated rings. The van der Waals surface area contributed by atoms with Crippen molar-refractivity contribution in [1.29, 1.82) is 0 Å². The Hall–Kier alpha value is -0.390. The molecule has 1 aromatic rings. The second kappa shape index (κ2) is 7.25. The number of likely N-dealkylation sites (tertiary alicyclic amines) is 1. The molecule has 1 aliphatic rings. The highest BCUT2D eigenvalue weighted by molar-refractivity contribution is 9.10. The van der Waals surface area contributed by atoms with Gasteiger partial charge < -0.3 is 5.32 Å². The number of aromatic nitrogens is 2. The summed E-state index contributed by atoms with van der Waals surface area (Å²) in [5.74, 6) is 0. The molecule has 120 valence electrons. The normalized spacial score (nSPS) is 18.3. The summed E-state index contributed by atoms with van der Waals surface area (Å²) in [7, 11) is 0. The Morgan fingerprint density at radius 1 is 1.33 bits per heavy atom. The van der Waals surface area contributed by atoms with Crippen LogP contribution in [0, 0.1) is 0 Å². The predicted octanol–water partition coefficient (Wildman–Crippen LogP) is 3.58. The van der Waals surface area contributed by atoms with Gasteiger partial charge in [0.15, 0.2) is 0 Å². The maximum absolute atomic E-state index is 4.56. The van der Waals surface area contributed by atoms with E-state index < -0.39 is 0 Å². The molecule has 0 aliphatic carbocycles. The molecule has 2 rings (SSSR count). The Morgan fingerprint density at radius 3 is 2.57 bits per heavy atom. The Kier molecular flexibility index (Phi) is 5.86. The van der Waals surface area contributed by atoms with Gasteiger partial charge in [0.2, 0.25) is 0 Å². The number of aryl methyl sites for hydroxylation is 1. The molecule has 0 radical (unpaired) electrons. The van der Waals surface area contributed by atoms with Crippen LogP contribution in [0.5, 0.6) is 0 Å². The maximum Gasteiger partial charge on any atom is 0.0714 e. The van der Waals surface area contributed by atoms with Crippen LogP contribution < -0.4 is 5.32 Å². The minimum Gasteiger partial charge on any atom is -0.307 e. The van der Waals surface area contributed by atoms with Gasteiger partial charge in [-0.3, -0.25) is 9.58 Å². The molecule has 5 heteroatoms. The molecule has 1 unspecified atom stereocenters. The molecular formula is C16H29BrN4.